The number of hydrogen-bond donors (Lipinski definition) is 2. The van der Waals surface area contributed by atoms with Crippen LogP contribution in [0.2, 0.25) is 0 Å². The topological polar surface area (TPSA) is 73.9 Å². The molecule has 28 heavy (non-hydrogen) atoms. The number of H-pyrrole nitrogens is 1. The molecule has 0 spiro atoms. The average molecular weight is 396 g/mol. The molecule has 1 amide bonds. The summed E-state index contributed by atoms with van der Waals surface area (Å²) in [5.41, 5.74) is 3.36. The lowest BCUT2D eigenvalue weighted by Crippen LogP contribution is -2.29. The van der Waals surface area contributed by atoms with E-state index in [2.05, 4.69) is 44.6 Å². The molecule has 0 bridgehead atoms. The average Bonchev–Trinajstić information content (AvgIpc) is 3.20. The van der Waals surface area contributed by atoms with E-state index in [-0.39, 0.29) is 5.91 Å². The Kier molecular flexibility index (Phi) is 7.08. The second-order valence-electron chi connectivity index (χ2n) is 6.58. The molecule has 2 N–H and O–H groups in total. The number of carbonyl (C=O) groups is 1. The van der Waals surface area contributed by atoms with Crippen LogP contribution in [0.25, 0.3) is 11.4 Å². The van der Waals surface area contributed by atoms with E-state index in [0.717, 1.165) is 18.5 Å². The number of aryl methyl sites for hydroxylation is 1. The summed E-state index contributed by atoms with van der Waals surface area (Å²) in [6.45, 7) is 3.58. The molecule has 0 radical (unpaired) electrons. The molecule has 0 aliphatic rings. The van der Waals surface area contributed by atoms with Crippen molar-refractivity contribution in [3.05, 3.63) is 60.2 Å². The Morgan fingerprint density at radius 1 is 1.14 bits per heavy atom. The SMILES string of the molecule is Cc1ccc(-c2nc(SCC(=O)NCCCN(C)c3ccccc3)n[nH]2)cc1. The predicted molar refractivity (Wildman–Crippen MR) is 115 cm³/mol. The van der Waals surface area contributed by atoms with Gasteiger partial charge in [0.15, 0.2) is 5.82 Å². The number of aromatic nitrogens is 3. The molecule has 0 aliphatic carbocycles. The second-order valence-corrected chi connectivity index (χ2v) is 7.52. The summed E-state index contributed by atoms with van der Waals surface area (Å²) in [5.74, 6) is 1.01. The van der Waals surface area contributed by atoms with E-state index in [9.17, 15) is 4.79 Å². The van der Waals surface area contributed by atoms with Gasteiger partial charge in [-0.2, -0.15) is 0 Å². The monoisotopic (exact) mass is 395 g/mol. The van der Waals surface area contributed by atoms with Crippen molar-refractivity contribution in [2.24, 2.45) is 0 Å². The van der Waals surface area contributed by atoms with Crippen LogP contribution in [0.5, 0.6) is 0 Å². The minimum atomic E-state index is -0.00551. The maximum atomic E-state index is 12.0. The second kappa shape index (κ2) is 9.94. The van der Waals surface area contributed by atoms with Gasteiger partial charge < -0.3 is 10.2 Å². The summed E-state index contributed by atoms with van der Waals surface area (Å²) in [5, 5.41) is 10.6. The molecule has 6 nitrogen and oxygen atoms in total. The quantitative estimate of drug-likeness (QED) is 0.428. The van der Waals surface area contributed by atoms with Gasteiger partial charge >= 0.3 is 0 Å². The molecule has 0 saturated heterocycles. The molecule has 0 saturated carbocycles. The number of hydrogen-bond acceptors (Lipinski definition) is 5. The summed E-state index contributed by atoms with van der Waals surface area (Å²) in [6, 6.07) is 18.3. The van der Waals surface area contributed by atoms with Crippen molar-refractivity contribution in [2.75, 3.05) is 30.8 Å². The van der Waals surface area contributed by atoms with Gasteiger partial charge in [-0.05, 0) is 25.5 Å². The van der Waals surface area contributed by atoms with Gasteiger partial charge in [-0.25, -0.2) is 4.98 Å². The molecule has 7 heteroatoms. The largest absolute Gasteiger partial charge is 0.375 e. The van der Waals surface area contributed by atoms with Crippen molar-refractivity contribution in [3.8, 4) is 11.4 Å². The third-order valence-corrected chi connectivity index (χ3v) is 5.16. The van der Waals surface area contributed by atoms with Crippen LogP contribution in [0.1, 0.15) is 12.0 Å². The Labute approximate surface area is 169 Å². The summed E-state index contributed by atoms with van der Waals surface area (Å²) < 4.78 is 0. The summed E-state index contributed by atoms with van der Waals surface area (Å²) in [7, 11) is 2.06. The van der Waals surface area contributed by atoms with Gasteiger partial charge in [0.25, 0.3) is 0 Å². The molecular weight excluding hydrogens is 370 g/mol. The smallest absolute Gasteiger partial charge is 0.230 e. The van der Waals surface area contributed by atoms with Gasteiger partial charge in [0.2, 0.25) is 11.1 Å². The number of benzene rings is 2. The van der Waals surface area contributed by atoms with Crippen molar-refractivity contribution in [3.63, 3.8) is 0 Å². The van der Waals surface area contributed by atoms with E-state index in [1.54, 1.807) is 0 Å². The van der Waals surface area contributed by atoms with E-state index in [4.69, 9.17) is 0 Å². The Bertz CT molecular complexity index is 879. The Morgan fingerprint density at radius 3 is 2.64 bits per heavy atom. The first kappa shape index (κ1) is 19.9. The van der Waals surface area contributed by atoms with Crippen molar-refractivity contribution in [1.82, 2.24) is 20.5 Å². The number of amides is 1. The van der Waals surface area contributed by atoms with Crippen molar-refractivity contribution < 1.29 is 4.79 Å². The fraction of sp³-hybridized carbons (Fsp3) is 0.286. The molecule has 0 aliphatic heterocycles. The third-order valence-electron chi connectivity index (χ3n) is 4.31. The number of anilines is 1. The Hall–Kier alpha value is -2.80. The number of para-hydroxylation sites is 1. The molecule has 0 unspecified atom stereocenters. The highest BCUT2D eigenvalue weighted by Gasteiger charge is 2.09. The maximum Gasteiger partial charge on any atom is 0.230 e. The highest BCUT2D eigenvalue weighted by atomic mass is 32.2. The molecule has 3 aromatic rings. The summed E-state index contributed by atoms with van der Waals surface area (Å²) in [4.78, 5) is 18.7. The zero-order chi connectivity index (χ0) is 19.8. The predicted octanol–water partition coefficient (Wildman–Crippen LogP) is 3.51. The normalized spacial score (nSPS) is 10.6. The minimum Gasteiger partial charge on any atom is -0.375 e. The van der Waals surface area contributed by atoms with Gasteiger partial charge in [0.1, 0.15) is 0 Å². The third kappa shape index (κ3) is 5.85. The molecule has 146 valence electrons. The van der Waals surface area contributed by atoms with Crippen LogP contribution in [0.15, 0.2) is 59.8 Å². The number of carbonyl (C=O) groups excluding carboxylic acids is 1. The molecule has 2 aromatic carbocycles. The van der Waals surface area contributed by atoms with E-state index in [1.165, 1.54) is 23.0 Å². The molecule has 0 fully saturated rings. The lowest BCUT2D eigenvalue weighted by molar-refractivity contribution is -0.118. The van der Waals surface area contributed by atoms with Crippen molar-refractivity contribution in [2.45, 2.75) is 18.5 Å². The molecule has 3 rings (SSSR count). The van der Waals surface area contributed by atoms with Gasteiger partial charge in [-0.15, -0.1) is 5.10 Å². The summed E-state index contributed by atoms with van der Waals surface area (Å²) in [6.07, 6.45) is 0.889. The molecular formula is C21H25N5OS. The molecule has 1 aromatic heterocycles. The van der Waals surface area contributed by atoms with Gasteiger partial charge in [-0.1, -0.05) is 59.8 Å². The van der Waals surface area contributed by atoms with Crippen molar-refractivity contribution >= 4 is 23.4 Å². The fourth-order valence-corrected chi connectivity index (χ4v) is 3.32. The van der Waals surface area contributed by atoms with E-state index >= 15 is 0 Å². The number of nitrogens with one attached hydrogen (secondary N) is 2. The molecule has 1 heterocycles. The van der Waals surface area contributed by atoms with Crippen LogP contribution < -0.4 is 10.2 Å². The van der Waals surface area contributed by atoms with Gasteiger partial charge in [0.05, 0.1) is 5.75 Å². The lowest BCUT2D eigenvalue weighted by Gasteiger charge is -2.19. The van der Waals surface area contributed by atoms with Crippen LogP contribution in [-0.4, -0.2) is 47.0 Å². The lowest BCUT2D eigenvalue weighted by atomic mass is 10.1. The Balaban J connectivity index is 1.36. The van der Waals surface area contributed by atoms with Gasteiger partial charge in [0, 0.05) is 31.4 Å². The highest BCUT2D eigenvalue weighted by Crippen LogP contribution is 2.19. The van der Waals surface area contributed by atoms with Gasteiger partial charge in [-0.3, -0.25) is 9.89 Å². The number of nitrogens with zero attached hydrogens (tertiary/aromatic N) is 3. The first-order valence-electron chi connectivity index (χ1n) is 9.27. The van der Waals surface area contributed by atoms with Crippen LogP contribution in [-0.2, 0) is 4.79 Å². The fourth-order valence-electron chi connectivity index (χ4n) is 2.69. The maximum absolute atomic E-state index is 12.0. The number of aromatic amines is 1. The van der Waals surface area contributed by atoms with Crippen molar-refractivity contribution in [1.29, 1.82) is 0 Å². The zero-order valence-corrected chi connectivity index (χ0v) is 17.0. The standard InChI is InChI=1S/C21H25N5OS/c1-16-9-11-17(12-10-16)20-23-21(25-24-20)28-15-19(27)22-13-6-14-26(2)18-7-4-3-5-8-18/h3-5,7-12H,6,13-15H2,1-2H3,(H,22,27)(H,23,24,25). The number of thioether (sulfide) groups is 1. The highest BCUT2D eigenvalue weighted by molar-refractivity contribution is 7.99. The van der Waals surface area contributed by atoms with E-state index in [1.807, 2.05) is 49.4 Å². The van der Waals surface area contributed by atoms with Crippen LogP contribution in [0.3, 0.4) is 0 Å². The minimum absolute atomic E-state index is 0.00551. The summed E-state index contributed by atoms with van der Waals surface area (Å²) >= 11 is 1.33. The zero-order valence-electron chi connectivity index (χ0n) is 16.2. The Morgan fingerprint density at radius 2 is 1.89 bits per heavy atom. The van der Waals surface area contributed by atoms with E-state index in [0.29, 0.717) is 23.3 Å². The number of rotatable bonds is 9. The van der Waals surface area contributed by atoms with Crippen LogP contribution in [0.4, 0.5) is 5.69 Å². The van der Waals surface area contributed by atoms with Crippen LogP contribution >= 0.6 is 11.8 Å². The first-order chi connectivity index (χ1) is 13.6. The van der Waals surface area contributed by atoms with E-state index < -0.39 is 0 Å². The first-order valence-corrected chi connectivity index (χ1v) is 10.3. The van der Waals surface area contributed by atoms with Crippen LogP contribution in [0, 0.1) is 6.92 Å². The molecule has 0 atom stereocenters.